The minimum absolute atomic E-state index is 0.0614. The largest absolute Gasteiger partial charge is 0.416 e. The third-order valence-corrected chi connectivity index (χ3v) is 5.06. The Bertz CT molecular complexity index is 672. The molecule has 0 radical (unpaired) electrons. The Hall–Kier alpha value is -0.800. The Balaban J connectivity index is 1.84. The molecule has 0 aliphatic carbocycles. The molecule has 1 atom stereocenters. The lowest BCUT2D eigenvalue weighted by Gasteiger charge is -2.37. The molecule has 1 unspecified atom stereocenters. The Kier molecular flexibility index (Phi) is 4.89. The van der Waals surface area contributed by atoms with Gasteiger partial charge in [-0.2, -0.15) is 13.2 Å². The summed E-state index contributed by atoms with van der Waals surface area (Å²) >= 11 is 8.37. The van der Waals surface area contributed by atoms with Crippen LogP contribution in [0.15, 0.2) is 33.0 Å². The van der Waals surface area contributed by atoms with Crippen LogP contribution in [0.2, 0.25) is 5.02 Å². The summed E-state index contributed by atoms with van der Waals surface area (Å²) in [6.45, 7) is 1.70. The van der Waals surface area contributed by atoms with Gasteiger partial charge in [-0.1, -0.05) is 11.6 Å². The number of fused-ring (bicyclic) bond motifs is 1. The molecule has 0 saturated carbocycles. The molecule has 0 saturated heterocycles. The number of alkyl halides is 3. The number of aliphatic imine (C=N–C) groups is 1. The second-order valence-corrected chi connectivity index (χ2v) is 7.29. The summed E-state index contributed by atoms with van der Waals surface area (Å²) in [7, 11) is 0. The average molecular weight is 456 g/mol. The molecular weight excluding hydrogens is 442 g/mol. The van der Waals surface area contributed by atoms with Crippen LogP contribution in [0.25, 0.3) is 0 Å². The highest BCUT2D eigenvalue weighted by molar-refractivity contribution is 14.1. The highest BCUT2D eigenvalue weighted by atomic mass is 127. The van der Waals surface area contributed by atoms with Gasteiger partial charge in [0.15, 0.2) is 0 Å². The van der Waals surface area contributed by atoms with Gasteiger partial charge >= 0.3 is 6.18 Å². The van der Waals surface area contributed by atoms with Crippen molar-refractivity contribution < 1.29 is 13.2 Å². The first-order valence-electron chi connectivity index (χ1n) is 7.09. The van der Waals surface area contributed by atoms with Crippen molar-refractivity contribution in [3.05, 3.63) is 44.1 Å². The Morgan fingerprint density at radius 2 is 2.17 bits per heavy atom. The molecule has 2 heterocycles. The first kappa shape index (κ1) is 17.0. The monoisotopic (exact) mass is 455 g/mol. The van der Waals surface area contributed by atoms with Gasteiger partial charge < -0.3 is 5.32 Å². The lowest BCUT2D eigenvalue weighted by molar-refractivity contribution is -0.137. The van der Waals surface area contributed by atoms with Crippen molar-refractivity contribution >= 4 is 40.0 Å². The van der Waals surface area contributed by atoms with E-state index in [1.807, 2.05) is 6.20 Å². The van der Waals surface area contributed by atoms with Crippen LogP contribution in [0.1, 0.15) is 17.5 Å². The van der Waals surface area contributed by atoms with E-state index in [2.05, 4.69) is 37.8 Å². The topological polar surface area (TPSA) is 27.6 Å². The molecule has 3 nitrogen and oxygen atoms in total. The van der Waals surface area contributed by atoms with E-state index in [0.29, 0.717) is 30.2 Å². The summed E-state index contributed by atoms with van der Waals surface area (Å²) in [6, 6.07) is 3.54. The predicted molar refractivity (Wildman–Crippen MR) is 92.8 cm³/mol. The predicted octanol–water partition coefficient (Wildman–Crippen LogP) is 4.21. The Morgan fingerprint density at radius 1 is 1.39 bits per heavy atom. The Morgan fingerprint density at radius 3 is 2.91 bits per heavy atom. The van der Waals surface area contributed by atoms with E-state index in [4.69, 9.17) is 11.6 Å². The number of halogens is 5. The van der Waals surface area contributed by atoms with Crippen molar-refractivity contribution in [2.45, 2.75) is 25.2 Å². The molecule has 0 bridgehead atoms. The van der Waals surface area contributed by atoms with Crippen molar-refractivity contribution in [2.75, 3.05) is 13.1 Å². The van der Waals surface area contributed by atoms with Gasteiger partial charge in [-0.05, 0) is 46.4 Å². The van der Waals surface area contributed by atoms with Gasteiger partial charge in [-0.3, -0.25) is 9.89 Å². The van der Waals surface area contributed by atoms with Crippen LogP contribution in [0.4, 0.5) is 13.2 Å². The van der Waals surface area contributed by atoms with E-state index in [9.17, 15) is 13.2 Å². The highest BCUT2D eigenvalue weighted by Crippen LogP contribution is 2.33. The maximum absolute atomic E-state index is 12.9. The number of amidine groups is 1. The molecule has 1 aromatic rings. The fourth-order valence-electron chi connectivity index (χ4n) is 2.78. The van der Waals surface area contributed by atoms with Gasteiger partial charge in [0, 0.05) is 34.3 Å². The number of nitrogens with one attached hydrogen (secondary N) is 1. The molecule has 124 valence electrons. The number of rotatable bonds is 2. The van der Waals surface area contributed by atoms with E-state index in [1.54, 1.807) is 0 Å². The number of hydrogen-bond donors (Lipinski definition) is 1. The molecule has 0 amide bonds. The molecule has 2 aliphatic rings. The Labute approximate surface area is 150 Å². The smallest absolute Gasteiger partial charge is 0.348 e. The average Bonchev–Trinajstić information content (AvgIpc) is 2.49. The van der Waals surface area contributed by atoms with Crippen LogP contribution in [0, 0.1) is 0 Å². The van der Waals surface area contributed by atoms with Crippen molar-refractivity contribution in [1.82, 2.24) is 10.2 Å². The molecule has 0 fully saturated rings. The molecule has 0 spiro atoms. The van der Waals surface area contributed by atoms with Gasteiger partial charge in [-0.15, -0.1) is 0 Å². The van der Waals surface area contributed by atoms with Crippen molar-refractivity contribution in [2.24, 2.45) is 4.99 Å². The minimum atomic E-state index is -4.36. The van der Waals surface area contributed by atoms with E-state index in [0.717, 1.165) is 28.0 Å². The third-order valence-electron chi connectivity index (χ3n) is 3.94. The summed E-state index contributed by atoms with van der Waals surface area (Å²) < 4.78 is 39.9. The van der Waals surface area contributed by atoms with Crippen molar-refractivity contribution in [3.8, 4) is 0 Å². The standard InChI is InChI=1S/C15H14ClF3IN3/c16-12-2-1-10(15(17,18)19)5-9(12)8-23-4-3-21-14-13(23)6-11(20)7-22-14/h1-2,5,7,13H,3-4,6,8H2,(H,21,22). The van der Waals surface area contributed by atoms with Crippen molar-refractivity contribution in [1.29, 1.82) is 0 Å². The van der Waals surface area contributed by atoms with Crippen LogP contribution in [-0.2, 0) is 12.7 Å². The molecule has 8 heteroatoms. The van der Waals surface area contributed by atoms with Crippen LogP contribution in [0.3, 0.4) is 0 Å². The quantitative estimate of drug-likeness (QED) is 0.677. The normalized spacial score (nSPS) is 22.0. The molecule has 3 rings (SSSR count). The summed E-state index contributed by atoms with van der Waals surface area (Å²) in [6.07, 6.45) is -1.64. The minimum Gasteiger partial charge on any atom is -0.348 e. The molecule has 0 aromatic heterocycles. The zero-order valence-corrected chi connectivity index (χ0v) is 14.9. The van der Waals surface area contributed by atoms with E-state index < -0.39 is 11.7 Å². The fraction of sp³-hybridized carbons (Fsp3) is 0.400. The maximum atomic E-state index is 12.9. The van der Waals surface area contributed by atoms with Crippen molar-refractivity contribution in [3.63, 3.8) is 0 Å². The molecule has 2 aliphatic heterocycles. The first-order chi connectivity index (χ1) is 10.8. The summed E-state index contributed by atoms with van der Waals surface area (Å²) in [4.78, 5) is 6.59. The molecule has 1 N–H and O–H groups in total. The molecular formula is C15H14ClF3IN3. The second kappa shape index (κ2) is 6.60. The second-order valence-electron chi connectivity index (χ2n) is 5.50. The number of nitrogens with zero attached hydrogens (tertiary/aromatic N) is 2. The van der Waals surface area contributed by atoms with Crippen LogP contribution in [-0.4, -0.2) is 29.9 Å². The number of benzene rings is 1. The molecule has 1 aromatic carbocycles. The van der Waals surface area contributed by atoms with Crippen LogP contribution >= 0.6 is 34.2 Å². The maximum Gasteiger partial charge on any atom is 0.416 e. The van der Waals surface area contributed by atoms with Gasteiger partial charge in [0.2, 0.25) is 0 Å². The number of hydrogen-bond acceptors (Lipinski definition) is 3. The van der Waals surface area contributed by atoms with Gasteiger partial charge in [0.05, 0.1) is 18.2 Å². The first-order valence-corrected chi connectivity index (χ1v) is 8.55. The van der Waals surface area contributed by atoms with Gasteiger partial charge in [0.1, 0.15) is 5.84 Å². The van der Waals surface area contributed by atoms with Gasteiger partial charge in [-0.25, -0.2) is 0 Å². The lowest BCUT2D eigenvalue weighted by atomic mass is 10.0. The summed E-state index contributed by atoms with van der Waals surface area (Å²) in [5.74, 6) is 0.875. The zero-order chi connectivity index (χ0) is 16.6. The summed E-state index contributed by atoms with van der Waals surface area (Å²) in [5.41, 5.74) is -0.175. The lowest BCUT2D eigenvalue weighted by Crippen LogP contribution is -2.51. The third kappa shape index (κ3) is 3.83. The van der Waals surface area contributed by atoms with E-state index in [1.165, 1.54) is 6.07 Å². The molecule has 23 heavy (non-hydrogen) atoms. The van der Waals surface area contributed by atoms with Crippen LogP contribution < -0.4 is 5.32 Å². The van der Waals surface area contributed by atoms with Crippen LogP contribution in [0.5, 0.6) is 0 Å². The zero-order valence-electron chi connectivity index (χ0n) is 12.0. The van der Waals surface area contributed by atoms with Gasteiger partial charge in [0.25, 0.3) is 0 Å². The fourth-order valence-corrected chi connectivity index (χ4v) is 3.53. The van der Waals surface area contributed by atoms with E-state index >= 15 is 0 Å². The van der Waals surface area contributed by atoms with E-state index in [-0.39, 0.29) is 6.04 Å². The summed E-state index contributed by atoms with van der Waals surface area (Å²) in [5, 5.41) is 3.52. The highest BCUT2D eigenvalue weighted by Gasteiger charge is 2.33. The SMILES string of the molecule is FC(F)(F)c1ccc(Cl)c(CN2CCN=C3NC=C(I)CC32)c1.